The van der Waals surface area contributed by atoms with E-state index in [1.807, 2.05) is 6.08 Å². The lowest BCUT2D eigenvalue weighted by Crippen LogP contribution is -1.88. The summed E-state index contributed by atoms with van der Waals surface area (Å²) in [7, 11) is 0. The molecule has 0 unspecified atom stereocenters. The molecule has 0 bridgehead atoms. The van der Waals surface area contributed by atoms with E-state index in [0.717, 1.165) is 0 Å². The molecule has 0 fully saturated rings. The maximum absolute atomic E-state index is 3.84. The standard InChI is InChI=1S/C19H24/c1-7-15(4)17(6)13-18(12-14(2)3)19-11-9-8-10-16(19)5/h7-13H,1H2,2-6H3/b17-15+,18-13+. The van der Waals surface area contributed by atoms with E-state index in [9.17, 15) is 0 Å². The van der Waals surface area contributed by atoms with Crippen LogP contribution in [0.4, 0.5) is 0 Å². The third-order valence-electron chi connectivity index (χ3n) is 3.20. The van der Waals surface area contributed by atoms with Gasteiger partial charge in [-0.05, 0) is 62.5 Å². The molecule has 1 aromatic rings. The van der Waals surface area contributed by atoms with Crippen LogP contribution in [0.2, 0.25) is 0 Å². The highest BCUT2D eigenvalue weighted by Gasteiger charge is 2.03. The van der Waals surface area contributed by atoms with Gasteiger partial charge in [-0.2, -0.15) is 0 Å². The van der Waals surface area contributed by atoms with Crippen molar-refractivity contribution in [2.24, 2.45) is 0 Å². The quantitative estimate of drug-likeness (QED) is 0.588. The molecule has 0 N–H and O–H groups in total. The molecule has 0 aromatic heterocycles. The van der Waals surface area contributed by atoms with Crippen LogP contribution in [0.1, 0.15) is 38.8 Å². The van der Waals surface area contributed by atoms with Gasteiger partial charge in [0.2, 0.25) is 0 Å². The zero-order valence-corrected chi connectivity index (χ0v) is 12.7. The third kappa shape index (κ3) is 4.40. The molecule has 0 saturated carbocycles. The highest BCUT2D eigenvalue weighted by molar-refractivity contribution is 5.78. The van der Waals surface area contributed by atoms with Gasteiger partial charge in [-0.15, -0.1) is 0 Å². The molecule has 0 nitrogen and oxygen atoms in total. The van der Waals surface area contributed by atoms with Crippen molar-refractivity contribution in [3.8, 4) is 0 Å². The Morgan fingerprint density at radius 2 is 1.58 bits per heavy atom. The van der Waals surface area contributed by atoms with Crippen molar-refractivity contribution < 1.29 is 0 Å². The summed E-state index contributed by atoms with van der Waals surface area (Å²) in [5, 5.41) is 0. The van der Waals surface area contributed by atoms with Gasteiger partial charge in [0.25, 0.3) is 0 Å². The Hall–Kier alpha value is -1.82. The molecule has 0 spiro atoms. The topological polar surface area (TPSA) is 0 Å². The molecule has 0 aliphatic heterocycles. The van der Waals surface area contributed by atoms with Gasteiger partial charge in [0.15, 0.2) is 0 Å². The minimum Gasteiger partial charge on any atom is -0.0988 e. The fourth-order valence-corrected chi connectivity index (χ4v) is 1.91. The highest BCUT2D eigenvalue weighted by atomic mass is 14.1. The smallest absolute Gasteiger partial charge is 0.0155 e. The first-order chi connectivity index (χ1) is 8.95. The maximum Gasteiger partial charge on any atom is -0.0155 e. The minimum atomic E-state index is 1.22. The van der Waals surface area contributed by atoms with Crippen LogP contribution in [0.15, 0.2) is 65.8 Å². The molecular formula is C19H24. The van der Waals surface area contributed by atoms with E-state index in [1.165, 1.54) is 33.4 Å². The maximum atomic E-state index is 3.84. The molecule has 0 heterocycles. The van der Waals surface area contributed by atoms with E-state index in [0.29, 0.717) is 0 Å². The van der Waals surface area contributed by atoms with Gasteiger partial charge in [-0.3, -0.25) is 0 Å². The molecule has 1 rings (SSSR count). The summed E-state index contributed by atoms with van der Waals surface area (Å²) in [5.74, 6) is 0. The summed E-state index contributed by atoms with van der Waals surface area (Å²) in [5.41, 5.74) is 7.63. The molecule has 100 valence electrons. The van der Waals surface area contributed by atoms with Gasteiger partial charge in [0.1, 0.15) is 0 Å². The Bertz CT molecular complexity index is 547. The summed E-state index contributed by atoms with van der Waals surface area (Å²) < 4.78 is 0. The van der Waals surface area contributed by atoms with Crippen molar-refractivity contribution in [3.63, 3.8) is 0 Å². The Balaban J connectivity index is 3.40. The second-order valence-corrected chi connectivity index (χ2v) is 5.21. The molecule has 0 amide bonds. The van der Waals surface area contributed by atoms with Crippen LogP contribution in [0, 0.1) is 6.92 Å². The van der Waals surface area contributed by atoms with E-state index in [2.05, 4.69) is 77.6 Å². The Morgan fingerprint density at radius 3 is 2.11 bits per heavy atom. The van der Waals surface area contributed by atoms with Gasteiger partial charge in [-0.25, -0.2) is 0 Å². The Labute approximate surface area is 117 Å². The zero-order chi connectivity index (χ0) is 14.4. The molecule has 0 radical (unpaired) electrons. The van der Waals surface area contributed by atoms with Crippen LogP contribution in [0.5, 0.6) is 0 Å². The summed E-state index contributed by atoms with van der Waals surface area (Å²) in [6.07, 6.45) is 6.39. The number of hydrogen-bond donors (Lipinski definition) is 0. The predicted molar refractivity (Wildman–Crippen MR) is 87.2 cm³/mol. The number of hydrogen-bond acceptors (Lipinski definition) is 0. The number of aryl methyl sites for hydroxylation is 1. The normalized spacial score (nSPS) is 12.8. The number of benzene rings is 1. The monoisotopic (exact) mass is 252 g/mol. The molecule has 0 aliphatic carbocycles. The number of rotatable bonds is 4. The lowest BCUT2D eigenvalue weighted by atomic mass is 9.96. The van der Waals surface area contributed by atoms with Gasteiger partial charge in [-0.1, -0.05) is 54.6 Å². The van der Waals surface area contributed by atoms with Crippen molar-refractivity contribution in [1.82, 2.24) is 0 Å². The van der Waals surface area contributed by atoms with E-state index < -0.39 is 0 Å². The fourth-order valence-electron chi connectivity index (χ4n) is 1.91. The van der Waals surface area contributed by atoms with E-state index in [4.69, 9.17) is 0 Å². The lowest BCUT2D eigenvalue weighted by molar-refractivity contribution is 1.35. The summed E-state index contributed by atoms with van der Waals surface area (Å²) in [6, 6.07) is 8.50. The fraction of sp³-hybridized carbons (Fsp3) is 0.263. The predicted octanol–water partition coefficient (Wildman–Crippen LogP) is 5.87. The third-order valence-corrected chi connectivity index (χ3v) is 3.20. The molecule has 0 atom stereocenters. The van der Waals surface area contributed by atoms with E-state index >= 15 is 0 Å². The molecule has 19 heavy (non-hydrogen) atoms. The van der Waals surface area contributed by atoms with Crippen LogP contribution >= 0.6 is 0 Å². The zero-order valence-electron chi connectivity index (χ0n) is 12.7. The first kappa shape index (κ1) is 15.2. The van der Waals surface area contributed by atoms with Crippen molar-refractivity contribution >= 4 is 5.57 Å². The second-order valence-electron chi connectivity index (χ2n) is 5.21. The molecule has 0 saturated heterocycles. The van der Waals surface area contributed by atoms with Crippen LogP contribution in [-0.2, 0) is 0 Å². The second kappa shape index (κ2) is 6.94. The van der Waals surface area contributed by atoms with Crippen LogP contribution in [0.3, 0.4) is 0 Å². The van der Waals surface area contributed by atoms with Crippen LogP contribution in [0.25, 0.3) is 5.57 Å². The van der Waals surface area contributed by atoms with Crippen molar-refractivity contribution in [2.75, 3.05) is 0 Å². The first-order valence-electron chi connectivity index (χ1n) is 6.68. The minimum absolute atomic E-state index is 1.22. The van der Waals surface area contributed by atoms with Crippen LogP contribution < -0.4 is 0 Å². The van der Waals surface area contributed by atoms with Gasteiger partial charge >= 0.3 is 0 Å². The van der Waals surface area contributed by atoms with Crippen molar-refractivity contribution in [2.45, 2.75) is 34.6 Å². The SMILES string of the molecule is C=C/C(C)=C(C)/C=C(\C=C(C)C)c1ccccc1C. The lowest BCUT2D eigenvalue weighted by Gasteiger charge is -2.09. The van der Waals surface area contributed by atoms with Crippen LogP contribution in [-0.4, -0.2) is 0 Å². The van der Waals surface area contributed by atoms with Crippen molar-refractivity contribution in [1.29, 1.82) is 0 Å². The number of allylic oxidation sites excluding steroid dienone is 7. The summed E-state index contributed by atoms with van der Waals surface area (Å²) >= 11 is 0. The Kier molecular flexibility index (Phi) is 5.57. The summed E-state index contributed by atoms with van der Waals surface area (Å²) in [4.78, 5) is 0. The van der Waals surface area contributed by atoms with E-state index in [1.54, 1.807) is 0 Å². The van der Waals surface area contributed by atoms with Gasteiger partial charge in [0.05, 0.1) is 0 Å². The van der Waals surface area contributed by atoms with Gasteiger partial charge in [0, 0.05) is 0 Å². The average molecular weight is 252 g/mol. The van der Waals surface area contributed by atoms with Crippen molar-refractivity contribution in [3.05, 3.63) is 76.9 Å². The molecule has 0 heteroatoms. The average Bonchev–Trinajstić information content (AvgIpc) is 2.37. The largest absolute Gasteiger partial charge is 0.0988 e. The highest BCUT2D eigenvalue weighted by Crippen LogP contribution is 2.24. The Morgan fingerprint density at radius 1 is 0.947 bits per heavy atom. The first-order valence-corrected chi connectivity index (χ1v) is 6.68. The molecule has 0 aliphatic rings. The molecule has 1 aromatic carbocycles. The molecular weight excluding hydrogens is 228 g/mol. The van der Waals surface area contributed by atoms with E-state index in [-0.39, 0.29) is 0 Å². The van der Waals surface area contributed by atoms with Gasteiger partial charge < -0.3 is 0 Å². The summed E-state index contributed by atoms with van der Waals surface area (Å²) in [6.45, 7) is 14.5.